The Bertz CT molecular complexity index is 498. The molecule has 0 aliphatic rings. The molecule has 0 fully saturated rings. The van der Waals surface area contributed by atoms with E-state index in [9.17, 15) is 0 Å². The minimum atomic E-state index is 0.220. The van der Waals surface area contributed by atoms with E-state index in [0.717, 1.165) is 16.0 Å². The number of hydrogen-bond acceptors (Lipinski definition) is 2. The Morgan fingerprint density at radius 1 is 1.53 bits per heavy atom. The molecule has 0 aromatic carbocycles. The van der Waals surface area contributed by atoms with Crippen molar-refractivity contribution in [1.29, 1.82) is 0 Å². The molecule has 2 heterocycles. The molecule has 3 nitrogen and oxygen atoms in total. The Labute approximate surface area is 93.8 Å². The molecule has 0 spiro atoms. The van der Waals surface area contributed by atoms with Crippen LogP contribution in [0.15, 0.2) is 30.7 Å². The van der Waals surface area contributed by atoms with Crippen molar-refractivity contribution in [3.63, 3.8) is 0 Å². The topological polar surface area (TPSA) is 33.6 Å². The number of aromatic nitrogens is 3. The summed E-state index contributed by atoms with van der Waals surface area (Å²) in [5.74, 6) is 0. The Morgan fingerprint density at radius 2 is 2.33 bits per heavy atom. The summed E-state index contributed by atoms with van der Waals surface area (Å²) in [6, 6.07) is 4.22. The van der Waals surface area contributed by atoms with Gasteiger partial charge >= 0.3 is 0 Å². The van der Waals surface area contributed by atoms with Gasteiger partial charge in [0.1, 0.15) is 0 Å². The summed E-state index contributed by atoms with van der Waals surface area (Å²) in [6.45, 7) is 4.16. The van der Waals surface area contributed by atoms with Crippen LogP contribution >= 0.6 is 12.2 Å². The molecule has 1 N–H and O–H groups in total. The van der Waals surface area contributed by atoms with Crippen molar-refractivity contribution >= 4 is 12.2 Å². The van der Waals surface area contributed by atoms with Gasteiger partial charge in [-0.15, -0.1) is 0 Å². The van der Waals surface area contributed by atoms with E-state index < -0.39 is 0 Å². The molecule has 1 unspecified atom stereocenters. The van der Waals surface area contributed by atoms with Crippen molar-refractivity contribution in [2.45, 2.75) is 19.9 Å². The Hall–Kier alpha value is -1.42. The van der Waals surface area contributed by atoms with Gasteiger partial charge in [0, 0.05) is 24.3 Å². The molecule has 78 valence electrons. The number of imidazole rings is 1. The highest BCUT2D eigenvalue weighted by Crippen LogP contribution is 2.18. The first-order valence-electron chi connectivity index (χ1n) is 4.86. The van der Waals surface area contributed by atoms with Crippen LogP contribution in [0.3, 0.4) is 0 Å². The highest BCUT2D eigenvalue weighted by atomic mass is 32.1. The maximum atomic E-state index is 5.24. The molecular formula is C11H13N3S. The van der Waals surface area contributed by atoms with Gasteiger partial charge in [0.25, 0.3) is 0 Å². The number of nitrogens with one attached hydrogen (secondary N) is 1. The Kier molecular flexibility index (Phi) is 2.68. The molecule has 0 saturated carbocycles. The molecule has 0 radical (unpaired) electrons. The van der Waals surface area contributed by atoms with Crippen LogP contribution in [0.1, 0.15) is 24.2 Å². The monoisotopic (exact) mass is 219 g/mol. The van der Waals surface area contributed by atoms with E-state index in [-0.39, 0.29) is 6.04 Å². The van der Waals surface area contributed by atoms with Crippen molar-refractivity contribution in [2.75, 3.05) is 0 Å². The number of nitrogens with zero attached hydrogens (tertiary/aromatic N) is 2. The lowest BCUT2D eigenvalue weighted by atomic mass is 10.1. The number of pyridine rings is 1. The van der Waals surface area contributed by atoms with Crippen molar-refractivity contribution in [1.82, 2.24) is 14.5 Å². The van der Waals surface area contributed by atoms with Crippen LogP contribution in [0.5, 0.6) is 0 Å². The largest absolute Gasteiger partial charge is 0.337 e. The minimum absolute atomic E-state index is 0.220. The molecule has 0 aliphatic heterocycles. The standard InChI is InChI=1S/C11H13N3S/c1-8-6-13-11(15)14(8)9(2)10-4-3-5-12-7-10/h3-7,9H,1-2H3,(H,13,15). The van der Waals surface area contributed by atoms with E-state index >= 15 is 0 Å². The first kappa shape index (κ1) is 10.1. The fourth-order valence-electron chi connectivity index (χ4n) is 1.72. The second kappa shape index (κ2) is 3.98. The fraction of sp³-hybridized carbons (Fsp3) is 0.273. The van der Waals surface area contributed by atoms with Crippen molar-refractivity contribution < 1.29 is 0 Å². The molecule has 2 aromatic rings. The SMILES string of the molecule is Cc1c[nH]c(=S)n1C(C)c1cccnc1. The summed E-state index contributed by atoms with van der Waals surface area (Å²) in [5.41, 5.74) is 2.30. The Morgan fingerprint density at radius 3 is 2.87 bits per heavy atom. The fourth-order valence-corrected chi connectivity index (χ4v) is 2.08. The normalized spacial score (nSPS) is 12.7. The predicted molar refractivity (Wildman–Crippen MR) is 62.4 cm³/mol. The lowest BCUT2D eigenvalue weighted by molar-refractivity contribution is 0.612. The molecule has 15 heavy (non-hydrogen) atoms. The van der Waals surface area contributed by atoms with E-state index in [1.807, 2.05) is 25.4 Å². The number of hydrogen-bond donors (Lipinski definition) is 1. The molecule has 4 heteroatoms. The first-order valence-corrected chi connectivity index (χ1v) is 5.27. The number of aryl methyl sites for hydroxylation is 1. The lowest BCUT2D eigenvalue weighted by Gasteiger charge is -2.15. The third-order valence-electron chi connectivity index (χ3n) is 2.56. The molecule has 0 saturated heterocycles. The van der Waals surface area contributed by atoms with Crippen LogP contribution in [-0.2, 0) is 0 Å². The smallest absolute Gasteiger partial charge is 0.177 e. The molecular weight excluding hydrogens is 206 g/mol. The Balaban J connectivity index is 2.45. The number of rotatable bonds is 2. The zero-order valence-electron chi connectivity index (χ0n) is 8.77. The molecule has 1 atom stereocenters. The molecule has 2 rings (SSSR count). The van der Waals surface area contributed by atoms with Crippen LogP contribution in [0.4, 0.5) is 0 Å². The van der Waals surface area contributed by atoms with Gasteiger partial charge in [-0.3, -0.25) is 4.98 Å². The van der Waals surface area contributed by atoms with Gasteiger partial charge in [0.2, 0.25) is 0 Å². The van der Waals surface area contributed by atoms with Crippen LogP contribution < -0.4 is 0 Å². The summed E-state index contributed by atoms with van der Waals surface area (Å²) in [6.07, 6.45) is 5.58. The average Bonchev–Trinajstić information content (AvgIpc) is 2.59. The molecule has 2 aromatic heterocycles. The summed E-state index contributed by atoms with van der Waals surface area (Å²) < 4.78 is 2.84. The van der Waals surface area contributed by atoms with Gasteiger partial charge in [-0.05, 0) is 37.7 Å². The van der Waals surface area contributed by atoms with E-state index in [4.69, 9.17) is 12.2 Å². The lowest BCUT2D eigenvalue weighted by Crippen LogP contribution is -2.08. The average molecular weight is 219 g/mol. The van der Waals surface area contributed by atoms with Crippen molar-refractivity contribution in [3.05, 3.63) is 46.8 Å². The zero-order valence-corrected chi connectivity index (χ0v) is 9.58. The third kappa shape index (κ3) is 1.85. The number of aromatic amines is 1. The maximum Gasteiger partial charge on any atom is 0.177 e. The van der Waals surface area contributed by atoms with Crippen molar-refractivity contribution in [3.8, 4) is 0 Å². The van der Waals surface area contributed by atoms with Crippen LogP contribution in [0.2, 0.25) is 0 Å². The quantitative estimate of drug-likeness (QED) is 0.788. The van der Waals surface area contributed by atoms with Crippen LogP contribution in [0, 0.1) is 11.7 Å². The highest BCUT2D eigenvalue weighted by molar-refractivity contribution is 7.71. The van der Waals surface area contributed by atoms with Gasteiger partial charge < -0.3 is 9.55 Å². The second-order valence-corrected chi connectivity index (χ2v) is 3.95. The van der Waals surface area contributed by atoms with Gasteiger partial charge in [-0.25, -0.2) is 0 Å². The zero-order chi connectivity index (χ0) is 10.8. The predicted octanol–water partition coefficient (Wildman–Crippen LogP) is 2.86. The molecule has 0 bridgehead atoms. The highest BCUT2D eigenvalue weighted by Gasteiger charge is 2.10. The first-order chi connectivity index (χ1) is 7.20. The summed E-state index contributed by atoms with van der Waals surface area (Å²) in [5, 5.41) is 0. The van der Waals surface area contributed by atoms with E-state index in [1.54, 1.807) is 6.20 Å². The second-order valence-electron chi connectivity index (χ2n) is 3.57. The third-order valence-corrected chi connectivity index (χ3v) is 2.87. The van der Waals surface area contributed by atoms with Crippen LogP contribution in [-0.4, -0.2) is 14.5 Å². The minimum Gasteiger partial charge on any atom is -0.337 e. The summed E-state index contributed by atoms with van der Waals surface area (Å²) in [7, 11) is 0. The van der Waals surface area contributed by atoms with E-state index in [2.05, 4.69) is 27.5 Å². The van der Waals surface area contributed by atoms with Gasteiger partial charge in [-0.1, -0.05) is 6.07 Å². The van der Waals surface area contributed by atoms with Gasteiger partial charge in [0.15, 0.2) is 4.77 Å². The van der Waals surface area contributed by atoms with Gasteiger partial charge in [-0.2, -0.15) is 0 Å². The van der Waals surface area contributed by atoms with E-state index in [1.165, 1.54) is 0 Å². The van der Waals surface area contributed by atoms with Crippen molar-refractivity contribution in [2.24, 2.45) is 0 Å². The molecule has 0 aliphatic carbocycles. The van der Waals surface area contributed by atoms with E-state index in [0.29, 0.717) is 0 Å². The maximum absolute atomic E-state index is 5.24. The van der Waals surface area contributed by atoms with Gasteiger partial charge in [0.05, 0.1) is 6.04 Å². The molecule has 0 amide bonds. The number of H-pyrrole nitrogens is 1. The summed E-state index contributed by atoms with van der Waals surface area (Å²) >= 11 is 5.24. The summed E-state index contributed by atoms with van der Waals surface area (Å²) in [4.78, 5) is 7.16. The van der Waals surface area contributed by atoms with Crippen LogP contribution in [0.25, 0.3) is 0 Å².